The van der Waals surface area contributed by atoms with Crippen LogP contribution in [0.4, 0.5) is 10.8 Å². The number of aliphatic hydroxyl groups is 1. The van der Waals surface area contributed by atoms with Crippen LogP contribution in [0.15, 0.2) is 85.1 Å². The molecule has 0 aliphatic carbocycles. The Kier molecular flexibility index (Phi) is 5.85. The first-order chi connectivity index (χ1) is 15.4. The highest BCUT2D eigenvalue weighted by molar-refractivity contribution is 7.17. The van der Waals surface area contributed by atoms with Crippen LogP contribution in [0.1, 0.15) is 31.9 Å². The quantitative estimate of drug-likeness (QED) is 0.372. The van der Waals surface area contributed by atoms with Gasteiger partial charge in [-0.2, -0.15) is 0 Å². The number of ketones is 1. The van der Waals surface area contributed by atoms with Gasteiger partial charge in [0.05, 0.1) is 11.1 Å². The SMILES string of the molecule is Cc1ccccc1C(=O)c1cnc(Nc2ccc(C(O)(C(N)=O)c3ccccc3)cc2)s1. The smallest absolute Gasteiger partial charge is 0.258 e. The van der Waals surface area contributed by atoms with Gasteiger partial charge in [0.15, 0.2) is 10.7 Å². The van der Waals surface area contributed by atoms with E-state index >= 15 is 0 Å². The van der Waals surface area contributed by atoms with Gasteiger partial charge in [0, 0.05) is 11.3 Å². The minimum Gasteiger partial charge on any atom is -0.372 e. The number of benzene rings is 3. The van der Waals surface area contributed by atoms with Gasteiger partial charge in [-0.1, -0.05) is 78.1 Å². The maximum absolute atomic E-state index is 12.8. The molecular formula is C25H21N3O3S. The lowest BCUT2D eigenvalue weighted by Gasteiger charge is -2.25. The van der Waals surface area contributed by atoms with Crippen LogP contribution >= 0.6 is 11.3 Å². The zero-order chi connectivity index (χ0) is 22.7. The molecule has 0 aliphatic rings. The Bertz CT molecular complexity index is 1270. The molecule has 6 nitrogen and oxygen atoms in total. The molecule has 0 saturated carbocycles. The number of aromatic nitrogens is 1. The molecule has 1 atom stereocenters. The van der Waals surface area contributed by atoms with Crippen molar-refractivity contribution in [3.8, 4) is 0 Å². The summed E-state index contributed by atoms with van der Waals surface area (Å²) in [5.74, 6) is -0.929. The molecule has 0 bridgehead atoms. The third-order valence-corrected chi connectivity index (χ3v) is 6.13. The van der Waals surface area contributed by atoms with Crippen molar-refractivity contribution < 1.29 is 14.7 Å². The Morgan fingerprint density at radius 3 is 2.22 bits per heavy atom. The van der Waals surface area contributed by atoms with E-state index in [0.29, 0.717) is 32.4 Å². The zero-order valence-electron chi connectivity index (χ0n) is 17.3. The topological polar surface area (TPSA) is 105 Å². The van der Waals surface area contributed by atoms with E-state index in [0.717, 1.165) is 5.56 Å². The molecule has 0 fully saturated rings. The van der Waals surface area contributed by atoms with Gasteiger partial charge in [-0.15, -0.1) is 0 Å². The number of anilines is 2. The highest BCUT2D eigenvalue weighted by Crippen LogP contribution is 2.31. The van der Waals surface area contributed by atoms with Gasteiger partial charge in [0.2, 0.25) is 5.78 Å². The minimum absolute atomic E-state index is 0.0709. The number of amides is 1. The molecular weight excluding hydrogens is 422 g/mol. The molecule has 0 aliphatic heterocycles. The Hall–Kier alpha value is -3.81. The average molecular weight is 444 g/mol. The van der Waals surface area contributed by atoms with E-state index < -0.39 is 11.5 Å². The summed E-state index contributed by atoms with van der Waals surface area (Å²) in [6, 6.07) is 22.7. The number of thiazole rings is 1. The maximum Gasteiger partial charge on any atom is 0.258 e. The monoisotopic (exact) mass is 443 g/mol. The largest absolute Gasteiger partial charge is 0.372 e. The lowest BCUT2D eigenvalue weighted by molar-refractivity contribution is -0.133. The van der Waals surface area contributed by atoms with Crippen LogP contribution in [-0.2, 0) is 10.4 Å². The number of nitrogens with zero attached hydrogens (tertiary/aromatic N) is 1. The molecule has 160 valence electrons. The second-order valence-corrected chi connectivity index (χ2v) is 8.35. The number of rotatable bonds is 7. The van der Waals surface area contributed by atoms with E-state index in [1.54, 1.807) is 66.9 Å². The molecule has 32 heavy (non-hydrogen) atoms. The lowest BCUT2D eigenvalue weighted by atomic mass is 9.85. The highest BCUT2D eigenvalue weighted by Gasteiger charge is 2.37. The molecule has 1 amide bonds. The number of primary amides is 1. The number of carbonyl (C=O) groups excluding carboxylic acids is 2. The van der Waals surface area contributed by atoms with Crippen LogP contribution in [0.2, 0.25) is 0 Å². The second-order valence-electron chi connectivity index (χ2n) is 7.32. The first kappa shape index (κ1) is 21.4. The van der Waals surface area contributed by atoms with E-state index in [-0.39, 0.29) is 5.78 Å². The Morgan fingerprint density at radius 2 is 1.56 bits per heavy atom. The number of nitrogens with two attached hydrogens (primary N) is 1. The van der Waals surface area contributed by atoms with Crippen LogP contribution in [0.25, 0.3) is 0 Å². The predicted molar refractivity (Wildman–Crippen MR) is 125 cm³/mol. The summed E-state index contributed by atoms with van der Waals surface area (Å²) in [5.41, 5.74) is 6.62. The summed E-state index contributed by atoms with van der Waals surface area (Å²) >= 11 is 1.26. The van der Waals surface area contributed by atoms with Gasteiger partial charge in [-0.05, 0) is 35.7 Å². The van der Waals surface area contributed by atoms with Gasteiger partial charge >= 0.3 is 0 Å². The second kappa shape index (κ2) is 8.74. The van der Waals surface area contributed by atoms with Gasteiger partial charge < -0.3 is 16.2 Å². The molecule has 0 radical (unpaired) electrons. The van der Waals surface area contributed by atoms with Crippen molar-refractivity contribution in [2.75, 3.05) is 5.32 Å². The molecule has 4 rings (SSSR count). The molecule has 0 spiro atoms. The van der Waals surface area contributed by atoms with E-state index in [4.69, 9.17) is 5.73 Å². The molecule has 3 aromatic carbocycles. The van der Waals surface area contributed by atoms with Crippen LogP contribution in [0.5, 0.6) is 0 Å². The fourth-order valence-electron chi connectivity index (χ4n) is 3.45. The summed E-state index contributed by atoms with van der Waals surface area (Å²) in [6.07, 6.45) is 1.55. The van der Waals surface area contributed by atoms with Crippen molar-refractivity contribution in [2.24, 2.45) is 5.73 Å². The third kappa shape index (κ3) is 4.03. The molecule has 1 unspecified atom stereocenters. The molecule has 4 N–H and O–H groups in total. The summed E-state index contributed by atoms with van der Waals surface area (Å²) in [4.78, 5) is 29.7. The van der Waals surface area contributed by atoms with E-state index in [2.05, 4.69) is 10.3 Å². The van der Waals surface area contributed by atoms with Crippen molar-refractivity contribution in [3.63, 3.8) is 0 Å². The summed E-state index contributed by atoms with van der Waals surface area (Å²) in [6.45, 7) is 1.90. The summed E-state index contributed by atoms with van der Waals surface area (Å²) in [5, 5.41) is 14.8. The summed E-state index contributed by atoms with van der Waals surface area (Å²) in [7, 11) is 0. The lowest BCUT2D eigenvalue weighted by Crippen LogP contribution is -2.42. The zero-order valence-corrected chi connectivity index (χ0v) is 18.1. The maximum atomic E-state index is 12.8. The van der Waals surface area contributed by atoms with Crippen LogP contribution in [0.3, 0.4) is 0 Å². The van der Waals surface area contributed by atoms with Gasteiger partial charge in [0.25, 0.3) is 5.91 Å². The molecule has 1 heterocycles. The van der Waals surface area contributed by atoms with E-state index in [9.17, 15) is 14.7 Å². The molecule has 7 heteroatoms. The van der Waals surface area contributed by atoms with E-state index in [1.165, 1.54) is 11.3 Å². The van der Waals surface area contributed by atoms with Crippen molar-refractivity contribution in [1.82, 2.24) is 4.98 Å². The van der Waals surface area contributed by atoms with Crippen molar-refractivity contribution in [1.29, 1.82) is 0 Å². The number of aryl methyl sites for hydroxylation is 1. The third-order valence-electron chi connectivity index (χ3n) is 5.22. The fourth-order valence-corrected chi connectivity index (χ4v) is 4.24. The Balaban J connectivity index is 1.54. The van der Waals surface area contributed by atoms with Crippen molar-refractivity contribution in [3.05, 3.63) is 112 Å². The predicted octanol–water partition coefficient (Wildman–Crippen LogP) is 4.15. The normalized spacial score (nSPS) is 12.7. The standard InChI is InChI=1S/C25H21N3O3S/c1-16-7-5-6-10-20(16)22(29)21-15-27-24(32-21)28-19-13-11-18(12-14-19)25(31,23(26)30)17-8-3-2-4-9-17/h2-15,31H,1H3,(H2,26,30)(H,27,28). The Labute approximate surface area is 189 Å². The number of hydrogen-bond donors (Lipinski definition) is 3. The number of hydrogen-bond acceptors (Lipinski definition) is 6. The highest BCUT2D eigenvalue weighted by atomic mass is 32.1. The Morgan fingerprint density at radius 1 is 0.938 bits per heavy atom. The molecule has 4 aromatic rings. The van der Waals surface area contributed by atoms with Crippen molar-refractivity contribution >= 4 is 33.8 Å². The van der Waals surface area contributed by atoms with Crippen LogP contribution in [0, 0.1) is 6.92 Å². The van der Waals surface area contributed by atoms with Crippen LogP contribution in [-0.4, -0.2) is 21.8 Å². The fraction of sp³-hybridized carbons (Fsp3) is 0.0800. The first-order valence-corrected chi connectivity index (χ1v) is 10.7. The number of carbonyl (C=O) groups is 2. The average Bonchev–Trinajstić information content (AvgIpc) is 3.28. The first-order valence-electron chi connectivity index (χ1n) is 9.91. The molecule has 0 saturated heterocycles. The van der Waals surface area contributed by atoms with Gasteiger partial charge in [-0.3, -0.25) is 9.59 Å². The van der Waals surface area contributed by atoms with Gasteiger partial charge in [0.1, 0.15) is 0 Å². The molecule has 1 aromatic heterocycles. The van der Waals surface area contributed by atoms with Crippen LogP contribution < -0.4 is 11.1 Å². The van der Waals surface area contributed by atoms with Gasteiger partial charge in [-0.25, -0.2) is 4.98 Å². The minimum atomic E-state index is -1.94. The van der Waals surface area contributed by atoms with E-state index in [1.807, 2.05) is 25.1 Å². The number of nitrogens with one attached hydrogen (secondary N) is 1. The summed E-state index contributed by atoms with van der Waals surface area (Å²) < 4.78 is 0. The van der Waals surface area contributed by atoms with Crippen molar-refractivity contribution in [2.45, 2.75) is 12.5 Å².